The molecule has 0 N–H and O–H groups in total. The lowest BCUT2D eigenvalue weighted by Gasteiger charge is -2.02. The van der Waals surface area contributed by atoms with Crippen LogP contribution in [-0.2, 0) is 6.54 Å². The van der Waals surface area contributed by atoms with E-state index in [-0.39, 0.29) is 5.56 Å². The van der Waals surface area contributed by atoms with Gasteiger partial charge in [0.25, 0.3) is 5.56 Å². The first-order chi connectivity index (χ1) is 8.24. The molecule has 3 aromatic rings. The summed E-state index contributed by atoms with van der Waals surface area (Å²) in [6.45, 7) is 0.523. The minimum atomic E-state index is 0.000715. The minimum absolute atomic E-state index is 0.000715. The summed E-state index contributed by atoms with van der Waals surface area (Å²) in [5, 5.41) is 2.56. The van der Waals surface area contributed by atoms with Crippen LogP contribution in [0.3, 0.4) is 0 Å². The molecule has 0 atom stereocenters. The van der Waals surface area contributed by atoms with Crippen molar-refractivity contribution in [3.8, 4) is 0 Å². The topological polar surface area (TPSA) is 34.9 Å². The van der Waals surface area contributed by atoms with Crippen molar-refractivity contribution in [3.05, 3.63) is 49.5 Å². The Bertz CT molecular complexity index is 728. The Morgan fingerprint density at radius 1 is 1.35 bits per heavy atom. The zero-order valence-electron chi connectivity index (χ0n) is 8.59. The lowest BCUT2D eigenvalue weighted by atomic mass is 10.4. The van der Waals surface area contributed by atoms with Crippen LogP contribution < -0.4 is 5.56 Å². The maximum absolute atomic E-state index is 12.1. The van der Waals surface area contributed by atoms with E-state index in [0.717, 1.165) is 14.0 Å². The molecule has 0 amide bonds. The molecule has 0 aromatic carbocycles. The summed E-state index contributed by atoms with van der Waals surface area (Å²) >= 11 is 8.82. The molecule has 0 saturated heterocycles. The van der Waals surface area contributed by atoms with Gasteiger partial charge in [-0.3, -0.25) is 9.36 Å². The quantitative estimate of drug-likeness (QED) is 0.723. The normalized spacial score (nSPS) is 11.1. The lowest BCUT2D eigenvalue weighted by Crippen LogP contribution is -2.19. The number of fused-ring (bicyclic) bond motifs is 1. The molecule has 0 radical (unpaired) electrons. The molecular weight excluding hydrogens is 276 g/mol. The van der Waals surface area contributed by atoms with Crippen LogP contribution in [0.2, 0.25) is 4.34 Å². The number of hydrogen-bond acceptors (Lipinski definition) is 4. The van der Waals surface area contributed by atoms with Crippen molar-refractivity contribution in [3.63, 3.8) is 0 Å². The predicted octanol–water partition coefficient (Wildman–Crippen LogP) is 3.22. The van der Waals surface area contributed by atoms with E-state index >= 15 is 0 Å². The lowest BCUT2D eigenvalue weighted by molar-refractivity contribution is 0.759. The van der Waals surface area contributed by atoms with E-state index in [4.69, 9.17) is 11.6 Å². The summed E-state index contributed by atoms with van der Waals surface area (Å²) in [5.74, 6) is 0. The van der Waals surface area contributed by atoms with Gasteiger partial charge in [0, 0.05) is 4.88 Å². The summed E-state index contributed by atoms with van der Waals surface area (Å²) in [6, 6.07) is 5.58. The van der Waals surface area contributed by atoms with Gasteiger partial charge in [-0.15, -0.1) is 22.7 Å². The number of halogens is 1. The SMILES string of the molecule is O=c1c2ccsc2ncn1Cc1ccc(Cl)s1. The van der Waals surface area contributed by atoms with Crippen LogP contribution in [-0.4, -0.2) is 9.55 Å². The molecular formula is C11H7ClN2OS2. The van der Waals surface area contributed by atoms with Crippen LogP contribution in [0, 0.1) is 0 Å². The van der Waals surface area contributed by atoms with Crippen molar-refractivity contribution in [2.75, 3.05) is 0 Å². The average Bonchev–Trinajstić information content (AvgIpc) is 2.92. The second-order valence-corrected chi connectivity index (χ2v) is 6.22. The van der Waals surface area contributed by atoms with Gasteiger partial charge in [-0.2, -0.15) is 0 Å². The molecule has 0 bridgehead atoms. The molecule has 3 aromatic heterocycles. The van der Waals surface area contributed by atoms with Crippen molar-refractivity contribution in [1.82, 2.24) is 9.55 Å². The summed E-state index contributed by atoms with van der Waals surface area (Å²) in [4.78, 5) is 18.2. The smallest absolute Gasteiger partial charge is 0.262 e. The second-order valence-electron chi connectivity index (χ2n) is 3.52. The van der Waals surface area contributed by atoms with Gasteiger partial charge < -0.3 is 0 Å². The molecule has 0 unspecified atom stereocenters. The van der Waals surface area contributed by atoms with Crippen LogP contribution >= 0.6 is 34.3 Å². The number of rotatable bonds is 2. The Balaban J connectivity index is 2.06. The van der Waals surface area contributed by atoms with E-state index in [0.29, 0.717) is 11.9 Å². The van der Waals surface area contributed by atoms with Gasteiger partial charge in [-0.25, -0.2) is 4.98 Å². The Morgan fingerprint density at radius 3 is 3.00 bits per heavy atom. The van der Waals surface area contributed by atoms with Crippen LogP contribution in [0.1, 0.15) is 4.88 Å². The maximum Gasteiger partial charge on any atom is 0.262 e. The van der Waals surface area contributed by atoms with Crippen molar-refractivity contribution in [2.24, 2.45) is 0 Å². The molecule has 6 heteroatoms. The van der Waals surface area contributed by atoms with Crippen molar-refractivity contribution in [1.29, 1.82) is 0 Å². The third kappa shape index (κ3) is 2.01. The van der Waals surface area contributed by atoms with Gasteiger partial charge in [-0.05, 0) is 23.6 Å². The van der Waals surface area contributed by atoms with E-state index < -0.39 is 0 Å². The number of aromatic nitrogens is 2. The largest absolute Gasteiger partial charge is 0.293 e. The molecule has 17 heavy (non-hydrogen) atoms. The van der Waals surface area contributed by atoms with Crippen LogP contribution in [0.4, 0.5) is 0 Å². The molecule has 3 heterocycles. The zero-order valence-corrected chi connectivity index (χ0v) is 11.0. The molecule has 0 fully saturated rings. The monoisotopic (exact) mass is 282 g/mol. The van der Waals surface area contributed by atoms with E-state index in [2.05, 4.69) is 4.98 Å². The van der Waals surface area contributed by atoms with Gasteiger partial charge in [0.15, 0.2) is 0 Å². The Morgan fingerprint density at radius 2 is 2.24 bits per heavy atom. The zero-order chi connectivity index (χ0) is 11.8. The summed E-state index contributed by atoms with van der Waals surface area (Å²) in [6.07, 6.45) is 1.59. The molecule has 0 spiro atoms. The van der Waals surface area contributed by atoms with Gasteiger partial charge in [0.2, 0.25) is 0 Å². The highest BCUT2D eigenvalue weighted by atomic mass is 35.5. The summed E-state index contributed by atoms with van der Waals surface area (Å²) < 4.78 is 2.34. The van der Waals surface area contributed by atoms with Gasteiger partial charge in [0.1, 0.15) is 4.83 Å². The second kappa shape index (κ2) is 4.25. The Hall–Kier alpha value is -1.17. The van der Waals surface area contributed by atoms with Gasteiger partial charge >= 0.3 is 0 Å². The third-order valence-electron chi connectivity index (χ3n) is 2.41. The highest BCUT2D eigenvalue weighted by Crippen LogP contribution is 2.22. The fraction of sp³-hybridized carbons (Fsp3) is 0.0909. The highest BCUT2D eigenvalue weighted by Gasteiger charge is 2.06. The third-order valence-corrected chi connectivity index (χ3v) is 4.44. The summed E-state index contributed by atoms with van der Waals surface area (Å²) in [7, 11) is 0. The number of hydrogen-bond donors (Lipinski definition) is 0. The van der Waals surface area contributed by atoms with Crippen LogP contribution in [0.15, 0.2) is 34.7 Å². The van der Waals surface area contributed by atoms with Crippen LogP contribution in [0.25, 0.3) is 10.2 Å². The van der Waals surface area contributed by atoms with E-state index in [1.165, 1.54) is 22.7 Å². The predicted molar refractivity (Wildman–Crippen MR) is 72.3 cm³/mol. The van der Waals surface area contributed by atoms with E-state index in [9.17, 15) is 4.79 Å². The van der Waals surface area contributed by atoms with E-state index in [1.54, 1.807) is 10.9 Å². The molecule has 0 aliphatic heterocycles. The molecule has 0 aliphatic rings. The van der Waals surface area contributed by atoms with Gasteiger partial charge in [0.05, 0.1) is 22.6 Å². The van der Waals surface area contributed by atoms with Crippen molar-refractivity contribution < 1.29 is 0 Å². The standard InChI is InChI=1S/C11H7ClN2OS2/c12-9-2-1-7(17-9)5-14-6-13-10-8(11(14)15)3-4-16-10/h1-4,6H,5H2. The first-order valence-electron chi connectivity index (χ1n) is 4.91. The number of nitrogens with zero attached hydrogens (tertiary/aromatic N) is 2. The molecule has 0 aliphatic carbocycles. The van der Waals surface area contributed by atoms with Crippen LogP contribution in [0.5, 0.6) is 0 Å². The average molecular weight is 283 g/mol. The van der Waals surface area contributed by atoms with E-state index in [1.807, 2.05) is 23.6 Å². The van der Waals surface area contributed by atoms with Gasteiger partial charge in [-0.1, -0.05) is 11.6 Å². The highest BCUT2D eigenvalue weighted by molar-refractivity contribution is 7.16. The molecule has 3 rings (SSSR count). The fourth-order valence-electron chi connectivity index (χ4n) is 1.61. The Labute approximate surface area is 110 Å². The molecule has 3 nitrogen and oxygen atoms in total. The maximum atomic E-state index is 12.1. The van der Waals surface area contributed by atoms with Crippen molar-refractivity contribution in [2.45, 2.75) is 6.54 Å². The van der Waals surface area contributed by atoms with Crippen molar-refractivity contribution >= 4 is 44.5 Å². The first kappa shape index (κ1) is 11.0. The Kier molecular flexibility index (Phi) is 2.74. The fourth-order valence-corrected chi connectivity index (χ4v) is 3.42. The molecule has 86 valence electrons. The first-order valence-corrected chi connectivity index (χ1v) is 6.98. The minimum Gasteiger partial charge on any atom is -0.293 e. The molecule has 0 saturated carbocycles. The summed E-state index contributed by atoms with van der Waals surface area (Å²) in [5.41, 5.74) is 0.000715. The number of thiophene rings is 2.